The Morgan fingerprint density at radius 1 is 1.16 bits per heavy atom. The van der Waals surface area contributed by atoms with E-state index in [0.717, 1.165) is 40.8 Å². The molecule has 4 aromatic rings. The van der Waals surface area contributed by atoms with Gasteiger partial charge in [-0.15, -0.1) is 0 Å². The lowest BCUT2D eigenvalue weighted by atomic mass is 10.0. The average Bonchev–Trinajstić information content (AvgIpc) is 3.47. The lowest BCUT2D eigenvalue weighted by Gasteiger charge is -2.22. The summed E-state index contributed by atoms with van der Waals surface area (Å²) < 4.78 is 24.7. The standard InChI is InChI=1S/C26H23FN2O3/c1-31-23-7-3-2-5-20(23)18-10-13-24-21(16-18)28-26(32-24)22-6-4-14-29(22)25(30)15-17-8-11-19(27)12-9-17/h2-3,5,7-13,16,22H,4,6,14-15H2,1H3/t22-/m0/s1. The van der Waals surface area contributed by atoms with Crippen LogP contribution in [-0.4, -0.2) is 29.4 Å². The van der Waals surface area contributed by atoms with Crippen LogP contribution in [0.4, 0.5) is 4.39 Å². The average molecular weight is 430 g/mol. The highest BCUT2D eigenvalue weighted by molar-refractivity contribution is 5.83. The van der Waals surface area contributed by atoms with E-state index in [1.807, 2.05) is 47.4 Å². The minimum Gasteiger partial charge on any atom is -0.496 e. The summed E-state index contributed by atoms with van der Waals surface area (Å²) in [6.07, 6.45) is 1.93. The molecule has 0 spiro atoms. The maximum atomic E-state index is 13.2. The first-order chi connectivity index (χ1) is 15.6. The Balaban J connectivity index is 1.41. The Morgan fingerprint density at radius 2 is 1.97 bits per heavy atom. The zero-order valence-corrected chi connectivity index (χ0v) is 17.8. The van der Waals surface area contributed by atoms with Crippen LogP contribution in [-0.2, 0) is 11.2 Å². The third-order valence-corrected chi connectivity index (χ3v) is 5.95. The summed E-state index contributed by atoms with van der Waals surface area (Å²) in [5, 5.41) is 0. The predicted octanol–water partition coefficient (Wildman–Crippen LogP) is 5.55. The Hall–Kier alpha value is -3.67. The number of ether oxygens (including phenoxy) is 1. The van der Waals surface area contributed by atoms with Gasteiger partial charge in [0.25, 0.3) is 0 Å². The number of amides is 1. The number of carbonyl (C=O) groups excluding carboxylic acids is 1. The van der Waals surface area contributed by atoms with Gasteiger partial charge in [0.1, 0.15) is 23.1 Å². The van der Waals surface area contributed by atoms with Crippen molar-refractivity contribution in [1.29, 1.82) is 0 Å². The Morgan fingerprint density at radius 3 is 2.78 bits per heavy atom. The SMILES string of the molecule is COc1ccccc1-c1ccc2oc([C@@H]3CCCN3C(=O)Cc3ccc(F)cc3)nc2c1. The number of hydrogen-bond acceptors (Lipinski definition) is 4. The molecule has 1 fully saturated rings. The highest BCUT2D eigenvalue weighted by atomic mass is 19.1. The zero-order chi connectivity index (χ0) is 22.1. The molecule has 1 aliphatic rings. The molecule has 1 atom stereocenters. The van der Waals surface area contributed by atoms with Gasteiger partial charge in [0.15, 0.2) is 5.58 Å². The Labute approximate surface area is 185 Å². The zero-order valence-electron chi connectivity index (χ0n) is 17.8. The molecule has 0 aliphatic carbocycles. The molecule has 6 heteroatoms. The van der Waals surface area contributed by atoms with Gasteiger partial charge in [0.05, 0.1) is 13.5 Å². The van der Waals surface area contributed by atoms with Crippen molar-refractivity contribution in [2.24, 2.45) is 0 Å². The number of hydrogen-bond donors (Lipinski definition) is 0. The molecule has 162 valence electrons. The van der Waals surface area contributed by atoms with Crippen LogP contribution in [0.25, 0.3) is 22.2 Å². The van der Waals surface area contributed by atoms with E-state index < -0.39 is 0 Å². The highest BCUT2D eigenvalue weighted by Gasteiger charge is 2.33. The summed E-state index contributed by atoms with van der Waals surface area (Å²) >= 11 is 0. The first-order valence-corrected chi connectivity index (χ1v) is 10.7. The van der Waals surface area contributed by atoms with Gasteiger partial charge in [-0.1, -0.05) is 36.4 Å². The van der Waals surface area contributed by atoms with Crippen molar-refractivity contribution in [2.75, 3.05) is 13.7 Å². The van der Waals surface area contributed by atoms with E-state index in [4.69, 9.17) is 14.1 Å². The molecular formula is C26H23FN2O3. The number of nitrogens with zero attached hydrogens (tertiary/aromatic N) is 2. The number of carbonyl (C=O) groups is 1. The molecule has 0 unspecified atom stereocenters. The summed E-state index contributed by atoms with van der Waals surface area (Å²) in [5.41, 5.74) is 4.21. The van der Waals surface area contributed by atoms with E-state index in [2.05, 4.69) is 0 Å². The summed E-state index contributed by atoms with van der Waals surface area (Å²) in [5.74, 6) is 1.04. The topological polar surface area (TPSA) is 55.6 Å². The van der Waals surface area contributed by atoms with Gasteiger partial charge in [0.2, 0.25) is 11.8 Å². The van der Waals surface area contributed by atoms with Gasteiger partial charge in [-0.25, -0.2) is 9.37 Å². The number of halogens is 1. The number of methoxy groups -OCH3 is 1. The van der Waals surface area contributed by atoms with E-state index >= 15 is 0 Å². The largest absolute Gasteiger partial charge is 0.496 e. The molecule has 5 nitrogen and oxygen atoms in total. The molecule has 0 radical (unpaired) electrons. The number of benzene rings is 3. The van der Waals surface area contributed by atoms with Crippen LogP contribution in [0, 0.1) is 5.82 Å². The number of rotatable bonds is 5. The minimum atomic E-state index is -0.306. The van der Waals surface area contributed by atoms with Crippen molar-refractivity contribution in [2.45, 2.75) is 25.3 Å². The molecule has 1 amide bonds. The molecule has 1 aromatic heterocycles. The van der Waals surface area contributed by atoms with Gasteiger partial charge in [-0.3, -0.25) is 4.79 Å². The normalized spacial score (nSPS) is 15.9. The van der Waals surface area contributed by atoms with Crippen LogP contribution >= 0.6 is 0 Å². The molecule has 0 saturated carbocycles. The van der Waals surface area contributed by atoms with Crippen molar-refractivity contribution in [1.82, 2.24) is 9.88 Å². The molecule has 32 heavy (non-hydrogen) atoms. The monoisotopic (exact) mass is 430 g/mol. The van der Waals surface area contributed by atoms with Gasteiger partial charge < -0.3 is 14.1 Å². The van der Waals surface area contributed by atoms with Crippen LogP contribution in [0.3, 0.4) is 0 Å². The smallest absolute Gasteiger partial charge is 0.227 e. The number of para-hydroxylation sites is 1. The third kappa shape index (κ3) is 3.84. The van der Waals surface area contributed by atoms with Gasteiger partial charge >= 0.3 is 0 Å². The van der Waals surface area contributed by atoms with Gasteiger partial charge in [0, 0.05) is 12.1 Å². The second-order valence-electron chi connectivity index (χ2n) is 7.98. The fourth-order valence-corrected chi connectivity index (χ4v) is 4.34. The van der Waals surface area contributed by atoms with Crippen LogP contribution in [0.2, 0.25) is 0 Å². The summed E-state index contributed by atoms with van der Waals surface area (Å²) in [4.78, 5) is 19.5. The first kappa shape index (κ1) is 20.2. The van der Waals surface area contributed by atoms with Crippen molar-refractivity contribution in [3.63, 3.8) is 0 Å². The van der Waals surface area contributed by atoms with Crippen molar-refractivity contribution >= 4 is 17.0 Å². The Bertz CT molecular complexity index is 1270. The van der Waals surface area contributed by atoms with E-state index in [-0.39, 0.29) is 24.2 Å². The third-order valence-electron chi connectivity index (χ3n) is 5.95. The predicted molar refractivity (Wildman–Crippen MR) is 120 cm³/mol. The second kappa shape index (κ2) is 8.46. The summed E-state index contributed by atoms with van der Waals surface area (Å²) in [6, 6.07) is 19.6. The highest BCUT2D eigenvalue weighted by Crippen LogP contribution is 2.36. The molecule has 3 aromatic carbocycles. The van der Waals surface area contributed by atoms with Crippen molar-refractivity contribution < 1.29 is 18.3 Å². The van der Waals surface area contributed by atoms with Crippen LogP contribution in [0.1, 0.15) is 30.3 Å². The summed E-state index contributed by atoms with van der Waals surface area (Å²) in [6.45, 7) is 0.663. The molecular weight excluding hydrogens is 407 g/mol. The van der Waals surface area contributed by atoms with E-state index in [1.54, 1.807) is 19.2 Å². The fourth-order valence-electron chi connectivity index (χ4n) is 4.34. The Kier molecular flexibility index (Phi) is 5.35. The van der Waals surface area contributed by atoms with Crippen LogP contribution in [0.5, 0.6) is 5.75 Å². The van der Waals surface area contributed by atoms with Crippen LogP contribution < -0.4 is 4.74 Å². The molecule has 0 bridgehead atoms. The van der Waals surface area contributed by atoms with E-state index in [0.29, 0.717) is 18.0 Å². The minimum absolute atomic E-state index is 0.00363. The lowest BCUT2D eigenvalue weighted by molar-refractivity contribution is -0.131. The molecule has 1 saturated heterocycles. The number of fused-ring (bicyclic) bond motifs is 1. The first-order valence-electron chi connectivity index (χ1n) is 10.7. The van der Waals surface area contributed by atoms with E-state index in [1.165, 1.54) is 12.1 Å². The maximum absolute atomic E-state index is 13.2. The molecule has 5 rings (SSSR count). The van der Waals surface area contributed by atoms with Crippen LogP contribution in [0.15, 0.2) is 71.1 Å². The van der Waals surface area contributed by atoms with E-state index in [9.17, 15) is 9.18 Å². The molecule has 2 heterocycles. The van der Waals surface area contributed by atoms with Gasteiger partial charge in [-0.05, 0) is 54.3 Å². The molecule has 1 aliphatic heterocycles. The van der Waals surface area contributed by atoms with Crippen molar-refractivity contribution in [3.8, 4) is 16.9 Å². The second-order valence-corrected chi connectivity index (χ2v) is 7.98. The lowest BCUT2D eigenvalue weighted by Crippen LogP contribution is -2.32. The number of aromatic nitrogens is 1. The van der Waals surface area contributed by atoms with Crippen molar-refractivity contribution in [3.05, 3.63) is 84.0 Å². The quantitative estimate of drug-likeness (QED) is 0.417. The maximum Gasteiger partial charge on any atom is 0.227 e. The summed E-state index contributed by atoms with van der Waals surface area (Å²) in [7, 11) is 1.66. The fraction of sp³-hybridized carbons (Fsp3) is 0.231. The molecule has 0 N–H and O–H groups in total. The number of oxazole rings is 1. The number of likely N-dealkylation sites (tertiary alicyclic amines) is 1. The van der Waals surface area contributed by atoms with Gasteiger partial charge in [-0.2, -0.15) is 0 Å².